The van der Waals surface area contributed by atoms with Crippen LogP contribution < -0.4 is 4.74 Å². The van der Waals surface area contributed by atoms with E-state index in [9.17, 15) is 4.79 Å². The fraction of sp³-hybridized carbons (Fsp3) is 0.621. The molecule has 33 heavy (non-hydrogen) atoms. The van der Waals surface area contributed by atoms with Crippen LogP contribution >= 0.6 is 0 Å². The molecule has 0 radical (unpaired) electrons. The average Bonchev–Trinajstić information content (AvgIpc) is 2.84. The van der Waals surface area contributed by atoms with E-state index in [-0.39, 0.29) is 5.97 Å². The number of hydrogen-bond donors (Lipinski definition) is 0. The van der Waals surface area contributed by atoms with Gasteiger partial charge in [-0.25, -0.2) is 9.97 Å². The smallest absolute Gasteiger partial charge is 0.311 e. The second kappa shape index (κ2) is 17.3. The molecule has 2 rings (SSSR count). The summed E-state index contributed by atoms with van der Waals surface area (Å²) in [5.41, 5.74) is 2.13. The first-order chi connectivity index (χ1) is 16.2. The van der Waals surface area contributed by atoms with Crippen molar-refractivity contribution >= 4 is 5.97 Å². The third-order valence-corrected chi connectivity index (χ3v) is 6.10. The van der Waals surface area contributed by atoms with E-state index in [0.29, 0.717) is 18.0 Å². The van der Waals surface area contributed by atoms with Gasteiger partial charge in [0.05, 0.1) is 0 Å². The minimum Gasteiger partial charge on any atom is -0.427 e. The first-order valence-electron chi connectivity index (χ1n) is 13.3. The second-order valence-electron chi connectivity index (χ2n) is 9.16. The highest BCUT2D eigenvalue weighted by Crippen LogP contribution is 2.20. The molecule has 4 heteroatoms. The molecule has 0 spiro atoms. The Morgan fingerprint density at radius 3 is 1.79 bits per heavy atom. The largest absolute Gasteiger partial charge is 0.427 e. The summed E-state index contributed by atoms with van der Waals surface area (Å²) >= 11 is 0. The van der Waals surface area contributed by atoms with Crippen molar-refractivity contribution in [3.8, 4) is 17.1 Å². The Kier molecular flexibility index (Phi) is 14.1. The third kappa shape index (κ3) is 12.0. The second-order valence-corrected chi connectivity index (χ2v) is 9.16. The third-order valence-electron chi connectivity index (χ3n) is 6.10. The van der Waals surface area contributed by atoms with E-state index in [0.717, 1.165) is 24.8 Å². The maximum absolute atomic E-state index is 12.0. The van der Waals surface area contributed by atoms with Gasteiger partial charge in [-0.15, -0.1) is 0 Å². The maximum atomic E-state index is 12.0. The lowest BCUT2D eigenvalue weighted by atomic mass is 10.1. The molecule has 0 atom stereocenters. The van der Waals surface area contributed by atoms with Crippen LogP contribution in [0.3, 0.4) is 0 Å². The first-order valence-corrected chi connectivity index (χ1v) is 13.3. The van der Waals surface area contributed by atoms with Crippen LogP contribution in [0.25, 0.3) is 11.4 Å². The number of esters is 1. The molecule has 1 heterocycles. The molecule has 0 saturated carbocycles. The molecule has 0 bridgehead atoms. The zero-order valence-corrected chi connectivity index (χ0v) is 21.0. The molecule has 1 aromatic carbocycles. The van der Waals surface area contributed by atoms with Crippen LogP contribution in [0, 0.1) is 0 Å². The molecular weight excluding hydrogens is 408 g/mol. The highest BCUT2D eigenvalue weighted by atomic mass is 16.5. The Balaban J connectivity index is 1.66. The van der Waals surface area contributed by atoms with Crippen molar-refractivity contribution in [2.45, 2.75) is 117 Å². The van der Waals surface area contributed by atoms with Gasteiger partial charge in [0.2, 0.25) is 0 Å². The Labute approximate surface area is 201 Å². The van der Waals surface area contributed by atoms with Crippen LogP contribution in [0.1, 0.15) is 116 Å². The number of nitrogens with zero attached hydrogens (tertiary/aromatic N) is 2. The Morgan fingerprint density at radius 1 is 0.697 bits per heavy atom. The van der Waals surface area contributed by atoms with Crippen molar-refractivity contribution in [3.05, 3.63) is 42.2 Å². The van der Waals surface area contributed by atoms with E-state index in [1.54, 1.807) is 0 Å². The predicted molar refractivity (Wildman–Crippen MR) is 137 cm³/mol. The van der Waals surface area contributed by atoms with Crippen molar-refractivity contribution in [3.63, 3.8) is 0 Å². The van der Waals surface area contributed by atoms with Crippen LogP contribution in [0.4, 0.5) is 0 Å². The summed E-state index contributed by atoms with van der Waals surface area (Å²) in [6.07, 6.45) is 23.0. The number of carbonyl (C=O) groups is 1. The van der Waals surface area contributed by atoms with Crippen molar-refractivity contribution in [2.24, 2.45) is 0 Å². The van der Waals surface area contributed by atoms with Gasteiger partial charge in [0.1, 0.15) is 5.75 Å². The molecule has 0 amide bonds. The van der Waals surface area contributed by atoms with Gasteiger partial charge < -0.3 is 4.74 Å². The fourth-order valence-electron chi connectivity index (χ4n) is 4.00. The van der Waals surface area contributed by atoms with Gasteiger partial charge in [-0.2, -0.15) is 0 Å². The van der Waals surface area contributed by atoms with Gasteiger partial charge in [0.25, 0.3) is 0 Å². The summed E-state index contributed by atoms with van der Waals surface area (Å²) in [6, 6.07) is 7.49. The molecule has 0 N–H and O–H groups in total. The Hall–Kier alpha value is -2.23. The molecule has 2 aromatic rings. The molecule has 0 unspecified atom stereocenters. The molecular formula is C29H44N2O2. The predicted octanol–water partition coefficient (Wildman–Crippen LogP) is 8.48. The van der Waals surface area contributed by atoms with Crippen LogP contribution in [0.15, 0.2) is 36.7 Å². The molecule has 182 valence electrons. The lowest BCUT2D eigenvalue weighted by molar-refractivity contribution is -0.134. The minimum absolute atomic E-state index is 0.153. The molecule has 4 nitrogen and oxygen atoms in total. The van der Waals surface area contributed by atoms with E-state index in [2.05, 4.69) is 23.8 Å². The van der Waals surface area contributed by atoms with E-state index in [1.807, 2.05) is 36.7 Å². The van der Waals surface area contributed by atoms with Crippen molar-refractivity contribution in [1.82, 2.24) is 9.97 Å². The minimum atomic E-state index is -0.153. The zero-order valence-electron chi connectivity index (χ0n) is 21.0. The highest BCUT2D eigenvalue weighted by Gasteiger charge is 2.07. The van der Waals surface area contributed by atoms with Crippen LogP contribution in [-0.2, 0) is 11.2 Å². The van der Waals surface area contributed by atoms with Crippen LogP contribution in [-0.4, -0.2) is 15.9 Å². The molecule has 1 aromatic heterocycles. The molecule has 0 aliphatic rings. The number of rotatable bonds is 18. The van der Waals surface area contributed by atoms with Gasteiger partial charge in [0.15, 0.2) is 5.82 Å². The van der Waals surface area contributed by atoms with Crippen LogP contribution in [0.5, 0.6) is 5.75 Å². The highest BCUT2D eigenvalue weighted by molar-refractivity contribution is 5.72. The normalized spacial score (nSPS) is 11.0. The van der Waals surface area contributed by atoms with Gasteiger partial charge in [0, 0.05) is 24.4 Å². The Morgan fingerprint density at radius 2 is 1.21 bits per heavy atom. The van der Waals surface area contributed by atoms with E-state index < -0.39 is 0 Å². The summed E-state index contributed by atoms with van der Waals surface area (Å²) < 4.78 is 5.46. The number of aromatic nitrogens is 2. The molecule has 0 saturated heterocycles. The van der Waals surface area contributed by atoms with Crippen molar-refractivity contribution in [2.75, 3.05) is 0 Å². The number of aryl methyl sites for hydroxylation is 1. The summed E-state index contributed by atoms with van der Waals surface area (Å²) in [4.78, 5) is 21.1. The van der Waals surface area contributed by atoms with Crippen molar-refractivity contribution in [1.29, 1.82) is 0 Å². The number of unbranched alkanes of at least 4 members (excludes halogenated alkanes) is 12. The number of hydrogen-bond acceptors (Lipinski definition) is 4. The van der Waals surface area contributed by atoms with Gasteiger partial charge in [-0.1, -0.05) is 90.9 Å². The maximum Gasteiger partial charge on any atom is 0.311 e. The number of carbonyl (C=O) groups excluding carboxylic acids is 1. The number of ether oxygens (including phenoxy) is 1. The summed E-state index contributed by atoms with van der Waals surface area (Å²) in [6.45, 7) is 4.47. The fourth-order valence-corrected chi connectivity index (χ4v) is 4.00. The van der Waals surface area contributed by atoms with Crippen molar-refractivity contribution < 1.29 is 9.53 Å². The summed E-state index contributed by atoms with van der Waals surface area (Å²) in [5.74, 6) is 1.14. The lowest BCUT2D eigenvalue weighted by Crippen LogP contribution is -2.07. The van der Waals surface area contributed by atoms with E-state index in [4.69, 9.17) is 4.74 Å². The van der Waals surface area contributed by atoms with Gasteiger partial charge in [-0.05, 0) is 49.1 Å². The monoisotopic (exact) mass is 452 g/mol. The van der Waals surface area contributed by atoms with E-state index >= 15 is 0 Å². The van der Waals surface area contributed by atoms with Gasteiger partial charge >= 0.3 is 5.97 Å². The summed E-state index contributed by atoms with van der Waals surface area (Å²) in [7, 11) is 0. The standard InChI is InChI=1S/C29H44N2O2/c1-3-5-7-9-11-12-13-15-17-25-23-30-29(31-24-25)26-19-21-27(22-20-26)33-28(32)18-16-14-10-8-6-4-2/h19-24H,3-18H2,1-2H3. The average molecular weight is 453 g/mol. The van der Waals surface area contributed by atoms with E-state index in [1.165, 1.54) is 82.6 Å². The van der Waals surface area contributed by atoms with Crippen LogP contribution in [0.2, 0.25) is 0 Å². The topological polar surface area (TPSA) is 52.1 Å². The van der Waals surface area contributed by atoms with Gasteiger partial charge in [-0.3, -0.25) is 4.79 Å². The quantitative estimate of drug-likeness (QED) is 0.129. The molecule has 0 aliphatic heterocycles. The Bertz CT molecular complexity index is 756. The number of benzene rings is 1. The zero-order chi connectivity index (χ0) is 23.6. The SMILES string of the molecule is CCCCCCCCCCc1cnc(-c2ccc(OC(=O)CCCCCCCC)cc2)nc1. The molecule has 0 aliphatic carbocycles. The summed E-state index contributed by atoms with van der Waals surface area (Å²) in [5, 5.41) is 0. The lowest BCUT2D eigenvalue weighted by Gasteiger charge is -2.06. The molecule has 0 fully saturated rings. The first kappa shape index (κ1) is 27.0.